The minimum absolute atomic E-state index is 0.0836. The first-order valence-electron chi connectivity index (χ1n) is 9.13. The van der Waals surface area contributed by atoms with Crippen molar-refractivity contribution < 1.29 is 4.79 Å². The van der Waals surface area contributed by atoms with Gasteiger partial charge in [0.1, 0.15) is 0 Å². The van der Waals surface area contributed by atoms with Crippen molar-refractivity contribution in [3.8, 4) is 0 Å². The van der Waals surface area contributed by atoms with E-state index in [2.05, 4.69) is 33.4 Å². The number of carbonyl (C=O) groups excluding carboxylic acids is 1. The summed E-state index contributed by atoms with van der Waals surface area (Å²) in [5.41, 5.74) is 1.14. The van der Waals surface area contributed by atoms with Crippen molar-refractivity contribution in [1.29, 1.82) is 0 Å². The Labute approximate surface area is 137 Å². The van der Waals surface area contributed by atoms with Crippen LogP contribution in [0.4, 0.5) is 0 Å². The summed E-state index contributed by atoms with van der Waals surface area (Å²) < 4.78 is 2.01. The highest BCUT2D eigenvalue weighted by atomic mass is 16.2. The van der Waals surface area contributed by atoms with Gasteiger partial charge in [0, 0.05) is 25.2 Å². The van der Waals surface area contributed by atoms with Gasteiger partial charge in [-0.1, -0.05) is 11.6 Å². The molecule has 3 aliphatic rings. The van der Waals surface area contributed by atoms with E-state index in [-0.39, 0.29) is 6.04 Å². The Hall–Kier alpha value is -1.43. The van der Waals surface area contributed by atoms with Crippen molar-refractivity contribution in [2.75, 3.05) is 26.7 Å². The summed E-state index contributed by atoms with van der Waals surface area (Å²) in [7, 11) is 2.09. The van der Waals surface area contributed by atoms with E-state index in [9.17, 15) is 4.79 Å². The number of hydrogen-bond acceptors (Lipinski definition) is 4. The molecule has 3 fully saturated rings. The molecule has 0 spiro atoms. The first-order chi connectivity index (χ1) is 11.2. The van der Waals surface area contributed by atoms with Crippen LogP contribution in [0.2, 0.25) is 0 Å². The van der Waals surface area contributed by atoms with Crippen molar-refractivity contribution in [2.45, 2.75) is 62.9 Å². The van der Waals surface area contributed by atoms with Gasteiger partial charge in [-0.15, -0.1) is 5.10 Å². The molecule has 6 heteroatoms. The van der Waals surface area contributed by atoms with Gasteiger partial charge in [-0.3, -0.25) is 9.69 Å². The maximum absolute atomic E-state index is 12.9. The van der Waals surface area contributed by atoms with Gasteiger partial charge in [0.25, 0.3) is 0 Å². The molecule has 2 saturated heterocycles. The zero-order valence-corrected chi connectivity index (χ0v) is 14.0. The van der Waals surface area contributed by atoms with Gasteiger partial charge in [-0.25, -0.2) is 4.68 Å². The molecule has 23 heavy (non-hydrogen) atoms. The second-order valence-electron chi connectivity index (χ2n) is 7.47. The highest BCUT2D eigenvalue weighted by molar-refractivity contribution is 5.82. The van der Waals surface area contributed by atoms with Crippen LogP contribution >= 0.6 is 0 Å². The fourth-order valence-corrected chi connectivity index (χ4v) is 4.00. The van der Waals surface area contributed by atoms with Gasteiger partial charge >= 0.3 is 0 Å². The van der Waals surface area contributed by atoms with Crippen LogP contribution in [0.5, 0.6) is 0 Å². The zero-order chi connectivity index (χ0) is 15.8. The van der Waals surface area contributed by atoms with Gasteiger partial charge in [-0.2, -0.15) is 0 Å². The molecule has 3 heterocycles. The summed E-state index contributed by atoms with van der Waals surface area (Å²) in [6.45, 7) is 2.72. The smallest absolute Gasteiger partial charge is 0.239 e. The van der Waals surface area contributed by atoms with E-state index >= 15 is 0 Å². The average Bonchev–Trinajstić information content (AvgIpc) is 3.32. The number of piperidine rings is 2. The molecule has 6 nitrogen and oxygen atoms in total. The van der Waals surface area contributed by atoms with Crippen molar-refractivity contribution in [1.82, 2.24) is 24.8 Å². The van der Waals surface area contributed by atoms with E-state index in [1.54, 1.807) is 0 Å². The molecular weight excluding hydrogens is 290 g/mol. The summed E-state index contributed by atoms with van der Waals surface area (Å²) in [6, 6.07) is 0.377. The summed E-state index contributed by atoms with van der Waals surface area (Å²) in [5, 5.41) is 8.67. The molecule has 0 N–H and O–H groups in total. The predicted octanol–water partition coefficient (Wildman–Crippen LogP) is 1.80. The van der Waals surface area contributed by atoms with Crippen molar-refractivity contribution >= 4 is 5.91 Å². The molecule has 0 bridgehead atoms. The monoisotopic (exact) mass is 317 g/mol. The first-order valence-corrected chi connectivity index (χ1v) is 9.13. The Morgan fingerprint density at radius 2 is 2.00 bits per heavy atom. The maximum Gasteiger partial charge on any atom is 0.239 e. The molecule has 2 atom stereocenters. The highest BCUT2D eigenvalue weighted by Crippen LogP contribution is 2.39. The van der Waals surface area contributed by atoms with E-state index in [4.69, 9.17) is 0 Å². The van der Waals surface area contributed by atoms with Crippen molar-refractivity contribution in [3.63, 3.8) is 0 Å². The molecule has 2 unspecified atom stereocenters. The number of nitrogens with zero attached hydrogens (tertiary/aromatic N) is 5. The largest absolute Gasteiger partial charge is 0.339 e. The van der Waals surface area contributed by atoms with Gasteiger partial charge in [0.2, 0.25) is 5.91 Å². The zero-order valence-electron chi connectivity index (χ0n) is 14.0. The molecule has 0 radical (unpaired) electrons. The van der Waals surface area contributed by atoms with E-state index < -0.39 is 0 Å². The van der Waals surface area contributed by atoms with E-state index in [1.807, 2.05) is 4.68 Å². The lowest BCUT2D eigenvalue weighted by Crippen LogP contribution is -2.52. The summed E-state index contributed by atoms with van der Waals surface area (Å²) in [4.78, 5) is 17.2. The van der Waals surface area contributed by atoms with Gasteiger partial charge < -0.3 is 4.90 Å². The highest BCUT2D eigenvalue weighted by Gasteiger charge is 2.34. The van der Waals surface area contributed by atoms with Crippen molar-refractivity contribution in [3.05, 3.63) is 11.9 Å². The fourth-order valence-electron chi connectivity index (χ4n) is 4.00. The van der Waals surface area contributed by atoms with E-state index in [0.717, 1.165) is 44.6 Å². The van der Waals surface area contributed by atoms with Crippen LogP contribution in [-0.4, -0.2) is 63.4 Å². The van der Waals surface area contributed by atoms with Crippen LogP contribution in [-0.2, 0) is 4.79 Å². The molecule has 1 amide bonds. The number of likely N-dealkylation sites (tertiary alicyclic amines) is 2. The molecule has 1 aromatic rings. The third kappa shape index (κ3) is 3.13. The molecule has 1 aromatic heterocycles. The minimum Gasteiger partial charge on any atom is -0.339 e. The molecule has 0 aromatic carbocycles. The molecule has 1 aliphatic carbocycles. The predicted molar refractivity (Wildman–Crippen MR) is 87.1 cm³/mol. The lowest BCUT2D eigenvalue weighted by Gasteiger charge is -2.38. The summed E-state index contributed by atoms with van der Waals surface area (Å²) in [6.07, 6.45) is 10.2. The first kappa shape index (κ1) is 15.1. The second kappa shape index (κ2) is 6.23. The molecule has 2 aliphatic heterocycles. The number of carbonyl (C=O) groups is 1. The van der Waals surface area contributed by atoms with Crippen LogP contribution in [0.1, 0.15) is 62.6 Å². The summed E-state index contributed by atoms with van der Waals surface area (Å²) in [5.74, 6) is 0.959. The van der Waals surface area contributed by atoms with E-state index in [1.165, 1.54) is 25.7 Å². The third-order valence-electron chi connectivity index (χ3n) is 5.66. The molecular formula is C17H27N5O. The number of likely N-dealkylation sites (N-methyl/N-ethyl adjacent to an activating group) is 1. The lowest BCUT2D eigenvalue weighted by molar-refractivity contribution is -0.139. The SMILES string of the molecule is CN1CCCCC1C(=O)N1CCCC(n2cc(C3CC3)nn2)C1. The van der Waals surface area contributed by atoms with E-state index in [0.29, 0.717) is 17.9 Å². The van der Waals surface area contributed by atoms with Crippen LogP contribution in [0.25, 0.3) is 0 Å². The van der Waals surface area contributed by atoms with Gasteiger partial charge in [0.15, 0.2) is 0 Å². The minimum atomic E-state index is 0.0836. The Morgan fingerprint density at radius 3 is 2.78 bits per heavy atom. The Balaban J connectivity index is 1.42. The second-order valence-corrected chi connectivity index (χ2v) is 7.47. The topological polar surface area (TPSA) is 54.3 Å². The summed E-state index contributed by atoms with van der Waals surface area (Å²) >= 11 is 0. The lowest BCUT2D eigenvalue weighted by atomic mass is 9.99. The average molecular weight is 317 g/mol. The molecule has 126 valence electrons. The van der Waals surface area contributed by atoms with Crippen LogP contribution in [0.3, 0.4) is 0 Å². The maximum atomic E-state index is 12.9. The Bertz CT molecular complexity index is 567. The number of rotatable bonds is 3. The quantitative estimate of drug-likeness (QED) is 0.853. The van der Waals surface area contributed by atoms with Gasteiger partial charge in [0.05, 0.1) is 17.8 Å². The Morgan fingerprint density at radius 1 is 1.13 bits per heavy atom. The van der Waals surface area contributed by atoms with Crippen molar-refractivity contribution in [2.24, 2.45) is 0 Å². The fraction of sp³-hybridized carbons (Fsp3) is 0.824. The normalized spacial score (nSPS) is 29.7. The molecule has 4 rings (SSSR count). The number of aromatic nitrogens is 3. The Kier molecular flexibility index (Phi) is 4.09. The van der Waals surface area contributed by atoms with Crippen LogP contribution < -0.4 is 0 Å². The third-order valence-corrected chi connectivity index (χ3v) is 5.66. The molecule has 1 saturated carbocycles. The van der Waals surface area contributed by atoms with Gasteiger partial charge in [-0.05, 0) is 52.1 Å². The van der Waals surface area contributed by atoms with Crippen LogP contribution in [0.15, 0.2) is 6.20 Å². The standard InChI is InChI=1S/C17H27N5O/c1-20-9-3-2-6-16(20)17(23)21-10-4-5-14(11-21)22-12-15(18-19-22)13-7-8-13/h12-14,16H,2-11H2,1H3. The van der Waals surface area contributed by atoms with Crippen LogP contribution in [0, 0.1) is 0 Å². The number of amides is 1. The number of hydrogen-bond donors (Lipinski definition) is 0.